The van der Waals surface area contributed by atoms with Crippen molar-refractivity contribution in [3.63, 3.8) is 0 Å². The Hall–Kier alpha value is -0.800. The van der Waals surface area contributed by atoms with E-state index in [0.717, 1.165) is 30.0 Å². The van der Waals surface area contributed by atoms with Crippen LogP contribution in [0, 0.1) is 0 Å². The Morgan fingerprint density at radius 3 is 2.48 bits per heavy atom. The van der Waals surface area contributed by atoms with E-state index in [1.54, 1.807) is 7.11 Å². The van der Waals surface area contributed by atoms with Gasteiger partial charge >= 0.3 is 0 Å². The fraction of sp³-hybridized carbons (Fsp3) is 0.706. The molecule has 0 N–H and O–H groups in total. The number of ether oxygens (including phenoxy) is 1. The minimum Gasteiger partial charge on any atom is -0.383 e. The number of pyridine rings is 1. The normalized spacial score (nSPS) is 13.3. The molecule has 0 aliphatic rings. The van der Waals surface area contributed by atoms with Crippen molar-refractivity contribution in [1.82, 2.24) is 4.98 Å². The lowest BCUT2D eigenvalue weighted by atomic mass is 9.91. The van der Waals surface area contributed by atoms with E-state index in [4.69, 9.17) is 21.3 Å². The van der Waals surface area contributed by atoms with Crippen LogP contribution in [0.25, 0.3) is 0 Å². The Morgan fingerprint density at radius 1 is 1.33 bits per heavy atom. The van der Waals surface area contributed by atoms with Crippen molar-refractivity contribution in [1.29, 1.82) is 0 Å². The van der Waals surface area contributed by atoms with E-state index in [2.05, 4.69) is 51.7 Å². The van der Waals surface area contributed by atoms with E-state index in [0.29, 0.717) is 18.5 Å². The van der Waals surface area contributed by atoms with Gasteiger partial charge in [0.05, 0.1) is 6.61 Å². The zero-order valence-corrected chi connectivity index (χ0v) is 15.0. The summed E-state index contributed by atoms with van der Waals surface area (Å²) in [6.07, 6.45) is 1.07. The molecule has 21 heavy (non-hydrogen) atoms. The number of nitrogens with zero attached hydrogens (tertiary/aromatic N) is 2. The monoisotopic (exact) mass is 312 g/mol. The Balaban J connectivity index is 3.22. The predicted octanol–water partition coefficient (Wildman–Crippen LogP) is 4.37. The molecule has 1 unspecified atom stereocenters. The van der Waals surface area contributed by atoms with Gasteiger partial charge in [0.15, 0.2) is 0 Å². The highest BCUT2D eigenvalue weighted by atomic mass is 35.5. The topological polar surface area (TPSA) is 25.4 Å². The molecule has 0 aliphatic carbocycles. The summed E-state index contributed by atoms with van der Waals surface area (Å²) in [6.45, 7) is 12.5. The Labute approximate surface area is 134 Å². The number of anilines is 1. The van der Waals surface area contributed by atoms with Crippen molar-refractivity contribution in [2.24, 2.45) is 0 Å². The number of halogens is 1. The number of rotatable bonds is 7. The van der Waals surface area contributed by atoms with Crippen molar-refractivity contribution in [2.75, 3.05) is 25.2 Å². The first-order valence-corrected chi connectivity index (χ1v) is 8.19. The fourth-order valence-corrected chi connectivity index (χ4v) is 2.30. The van der Waals surface area contributed by atoms with Crippen molar-refractivity contribution >= 4 is 17.4 Å². The van der Waals surface area contributed by atoms with Crippen LogP contribution in [0.15, 0.2) is 12.1 Å². The lowest BCUT2D eigenvalue weighted by Crippen LogP contribution is -2.36. The van der Waals surface area contributed by atoms with Gasteiger partial charge in [0.2, 0.25) is 0 Å². The highest BCUT2D eigenvalue weighted by Crippen LogP contribution is 2.26. The summed E-state index contributed by atoms with van der Waals surface area (Å²) in [4.78, 5) is 7.20. The Morgan fingerprint density at radius 2 is 2.00 bits per heavy atom. The quantitative estimate of drug-likeness (QED) is 0.699. The molecule has 1 aromatic heterocycles. The van der Waals surface area contributed by atoms with Gasteiger partial charge in [0.25, 0.3) is 0 Å². The Bertz CT molecular complexity index is 443. The first kappa shape index (κ1) is 18.2. The van der Waals surface area contributed by atoms with Crippen LogP contribution in [0.2, 0.25) is 0 Å². The second kappa shape index (κ2) is 8.00. The molecule has 4 heteroatoms. The molecule has 1 rings (SSSR count). The van der Waals surface area contributed by atoms with Crippen LogP contribution >= 0.6 is 11.6 Å². The van der Waals surface area contributed by atoms with Crippen molar-refractivity contribution in [3.05, 3.63) is 23.4 Å². The highest BCUT2D eigenvalue weighted by Gasteiger charge is 2.20. The van der Waals surface area contributed by atoms with Gasteiger partial charge in [-0.05, 0) is 31.0 Å². The van der Waals surface area contributed by atoms with E-state index in [9.17, 15) is 0 Å². The van der Waals surface area contributed by atoms with E-state index in [1.807, 2.05) is 0 Å². The summed E-state index contributed by atoms with van der Waals surface area (Å²) in [5.41, 5.74) is 2.22. The van der Waals surface area contributed by atoms with Gasteiger partial charge in [-0.3, -0.25) is 0 Å². The van der Waals surface area contributed by atoms with Gasteiger partial charge in [-0.25, -0.2) is 4.98 Å². The number of aromatic nitrogens is 1. The smallest absolute Gasteiger partial charge is 0.129 e. The molecular weight excluding hydrogens is 284 g/mol. The molecular formula is C17H29ClN2O. The van der Waals surface area contributed by atoms with Gasteiger partial charge in [0, 0.05) is 36.7 Å². The highest BCUT2D eigenvalue weighted by molar-refractivity contribution is 6.17. The number of methoxy groups -OCH3 is 1. The second-order valence-corrected chi connectivity index (χ2v) is 6.81. The molecule has 3 nitrogen and oxygen atoms in total. The van der Waals surface area contributed by atoms with Crippen LogP contribution in [-0.4, -0.2) is 31.3 Å². The van der Waals surface area contributed by atoms with E-state index >= 15 is 0 Å². The van der Waals surface area contributed by atoms with Crippen LogP contribution in [0.5, 0.6) is 0 Å². The molecule has 0 saturated heterocycles. The van der Waals surface area contributed by atoms with Crippen LogP contribution in [0.3, 0.4) is 0 Å². The summed E-state index contributed by atoms with van der Waals surface area (Å²) < 4.78 is 5.25. The van der Waals surface area contributed by atoms with Gasteiger partial charge in [-0.1, -0.05) is 27.7 Å². The second-order valence-electron chi connectivity index (χ2n) is 6.55. The molecule has 0 aromatic carbocycles. The van der Waals surface area contributed by atoms with Gasteiger partial charge < -0.3 is 9.64 Å². The lowest BCUT2D eigenvalue weighted by molar-refractivity contribution is 0.203. The van der Waals surface area contributed by atoms with E-state index in [1.165, 1.54) is 0 Å². The maximum absolute atomic E-state index is 6.07. The number of alkyl halides is 1. The van der Waals surface area contributed by atoms with Crippen LogP contribution < -0.4 is 4.90 Å². The average molecular weight is 313 g/mol. The summed E-state index contributed by atoms with van der Waals surface area (Å²) >= 11 is 6.07. The molecule has 0 amide bonds. The van der Waals surface area contributed by atoms with Gasteiger partial charge in [-0.2, -0.15) is 0 Å². The molecule has 1 heterocycles. The third-order valence-corrected chi connectivity index (χ3v) is 4.06. The van der Waals surface area contributed by atoms with E-state index in [-0.39, 0.29) is 5.41 Å². The van der Waals surface area contributed by atoms with Crippen molar-refractivity contribution in [2.45, 2.75) is 58.4 Å². The molecule has 0 fully saturated rings. The molecule has 1 aromatic rings. The summed E-state index contributed by atoms with van der Waals surface area (Å²) in [5, 5.41) is 0. The standard InChI is InChI=1S/C17H29ClN2O/c1-7-13(2)20(8-9-21-6)16-11-14(12-18)10-15(19-16)17(3,4)5/h10-11,13H,7-9,12H2,1-6H3. The van der Waals surface area contributed by atoms with Crippen molar-refractivity contribution < 1.29 is 4.74 Å². The summed E-state index contributed by atoms with van der Waals surface area (Å²) in [7, 11) is 1.73. The number of hydrogen-bond donors (Lipinski definition) is 0. The molecule has 0 saturated carbocycles. The molecule has 120 valence electrons. The van der Waals surface area contributed by atoms with Crippen LogP contribution in [-0.2, 0) is 16.0 Å². The lowest BCUT2D eigenvalue weighted by Gasteiger charge is -2.31. The molecule has 1 atom stereocenters. The summed E-state index contributed by atoms with van der Waals surface area (Å²) in [5.74, 6) is 1.52. The van der Waals surface area contributed by atoms with Gasteiger partial charge in [-0.15, -0.1) is 11.6 Å². The number of hydrogen-bond acceptors (Lipinski definition) is 3. The summed E-state index contributed by atoms with van der Waals surface area (Å²) in [6, 6.07) is 4.64. The minimum absolute atomic E-state index is 0.0131. The first-order valence-electron chi connectivity index (χ1n) is 7.66. The third kappa shape index (κ3) is 5.15. The first-order chi connectivity index (χ1) is 9.83. The predicted molar refractivity (Wildman–Crippen MR) is 91.5 cm³/mol. The third-order valence-electron chi connectivity index (χ3n) is 3.75. The molecule has 0 bridgehead atoms. The molecule has 0 spiro atoms. The average Bonchev–Trinajstić information content (AvgIpc) is 2.46. The fourth-order valence-electron chi connectivity index (χ4n) is 2.15. The zero-order chi connectivity index (χ0) is 16.0. The SMILES string of the molecule is CCC(C)N(CCOC)c1cc(CCl)cc(C(C)(C)C)n1. The van der Waals surface area contributed by atoms with Crippen LogP contribution in [0.1, 0.15) is 52.3 Å². The van der Waals surface area contributed by atoms with E-state index < -0.39 is 0 Å². The molecule has 0 aliphatic heterocycles. The Kier molecular flexibility index (Phi) is 6.95. The maximum Gasteiger partial charge on any atom is 0.129 e. The zero-order valence-electron chi connectivity index (χ0n) is 14.2. The maximum atomic E-state index is 6.07. The molecule has 0 radical (unpaired) electrons. The largest absolute Gasteiger partial charge is 0.383 e. The minimum atomic E-state index is 0.0131. The van der Waals surface area contributed by atoms with Crippen LogP contribution in [0.4, 0.5) is 5.82 Å². The van der Waals surface area contributed by atoms with Crippen molar-refractivity contribution in [3.8, 4) is 0 Å². The van der Waals surface area contributed by atoms with Gasteiger partial charge in [0.1, 0.15) is 5.82 Å².